The van der Waals surface area contributed by atoms with Gasteiger partial charge >= 0.3 is 37.2 Å². The molecule has 11 heteroatoms. The zero-order valence-corrected chi connectivity index (χ0v) is 13.9. The van der Waals surface area contributed by atoms with Gasteiger partial charge in [0.25, 0.3) is 0 Å². The molecule has 0 bridgehead atoms. The van der Waals surface area contributed by atoms with E-state index in [1.807, 2.05) is 0 Å². The Kier molecular flexibility index (Phi) is 6.46. The van der Waals surface area contributed by atoms with Crippen molar-refractivity contribution in [3.63, 3.8) is 0 Å². The van der Waals surface area contributed by atoms with E-state index in [1.165, 1.54) is 24.3 Å². The average molecular weight is 318 g/mol. The molecule has 1 rings (SSSR count). The van der Waals surface area contributed by atoms with Crippen molar-refractivity contribution < 1.29 is 58.3 Å². The number of rotatable bonds is 4. The van der Waals surface area contributed by atoms with Gasteiger partial charge in [-0.1, -0.05) is 12.1 Å². The number of nitrogen functional groups attached to an aromatic ring is 1. The van der Waals surface area contributed by atoms with Crippen LogP contribution < -0.4 is 45.9 Å². The van der Waals surface area contributed by atoms with Crippen molar-refractivity contribution in [1.29, 1.82) is 0 Å². The molecule has 0 spiro atoms. The molecule has 1 aromatic rings. The van der Waals surface area contributed by atoms with Crippen LogP contribution in [0.1, 0.15) is 5.56 Å². The molecule has 0 radical (unpaired) electrons. The minimum atomic E-state index is -5.45. The van der Waals surface area contributed by atoms with Crippen LogP contribution in [0.4, 0.5) is 5.69 Å². The Morgan fingerprint density at radius 3 is 1.89 bits per heavy atom. The Labute approximate surface area is 131 Å². The maximum Gasteiger partial charge on any atom is 1.00 e. The molecule has 7 N–H and O–H groups in total. The first-order valence-electron chi connectivity index (χ1n) is 4.70. The molecule has 0 aromatic heterocycles. The van der Waals surface area contributed by atoms with Gasteiger partial charge in [0.2, 0.25) is 0 Å². The van der Waals surface area contributed by atoms with Crippen LogP contribution >= 0.6 is 15.2 Å². The summed E-state index contributed by atoms with van der Waals surface area (Å²) < 4.78 is 22.3. The molecule has 0 aliphatic heterocycles. The summed E-state index contributed by atoms with van der Waals surface area (Å²) in [6, 6.07) is 5.57. The molecular weight excluding hydrogens is 305 g/mol. The third-order valence-corrected chi connectivity index (χ3v) is 6.28. The van der Waals surface area contributed by atoms with Crippen LogP contribution in [-0.2, 0) is 15.6 Å². The van der Waals surface area contributed by atoms with Crippen LogP contribution in [0.3, 0.4) is 0 Å². The Balaban J connectivity index is 0.00000324. The maximum absolute atomic E-state index is 11.2. The summed E-state index contributed by atoms with van der Waals surface area (Å²) in [5.74, 6) is 0. The number of nitrogens with two attached hydrogens (primary N) is 2. The van der Waals surface area contributed by atoms with Gasteiger partial charge in [0.1, 0.15) is 0 Å². The first-order chi connectivity index (χ1) is 7.97. The normalized spacial score (nSPS) is 17.9. The van der Waals surface area contributed by atoms with Crippen molar-refractivity contribution in [2.75, 3.05) is 5.73 Å². The summed E-state index contributed by atoms with van der Waals surface area (Å²) in [5, 5.41) is -3.05. The molecule has 0 fully saturated rings. The fourth-order valence-corrected chi connectivity index (χ4v) is 3.39. The molecule has 0 aliphatic carbocycles. The molecule has 0 heterocycles. The number of hydrogen-bond donors (Lipinski definition) is 5. The molecular formula is C8H13N2NaO6P2. The second kappa shape index (κ2) is 6.37. The van der Waals surface area contributed by atoms with Crippen LogP contribution in [0.25, 0.3) is 0 Å². The fourth-order valence-electron chi connectivity index (χ4n) is 1.30. The summed E-state index contributed by atoms with van der Waals surface area (Å²) in [4.78, 5) is 38.1. The summed E-state index contributed by atoms with van der Waals surface area (Å²) >= 11 is 0. The van der Waals surface area contributed by atoms with E-state index in [1.54, 1.807) is 0 Å². The first kappa shape index (κ1) is 19.3. The van der Waals surface area contributed by atoms with E-state index in [0.29, 0.717) is 5.69 Å². The Morgan fingerprint density at radius 1 is 1.16 bits per heavy atom. The van der Waals surface area contributed by atoms with E-state index < -0.39 is 26.6 Å². The topological polar surface area (TPSA) is 170 Å². The van der Waals surface area contributed by atoms with Crippen molar-refractivity contribution in [2.45, 2.75) is 11.4 Å². The quantitative estimate of drug-likeness (QED) is 0.213. The predicted octanol–water partition coefficient (Wildman–Crippen LogP) is -3.85. The molecule has 2 atom stereocenters. The second-order valence-corrected chi connectivity index (χ2v) is 7.94. The third-order valence-electron chi connectivity index (χ3n) is 2.44. The molecule has 8 nitrogen and oxygen atoms in total. The molecule has 19 heavy (non-hydrogen) atoms. The van der Waals surface area contributed by atoms with Gasteiger partial charge in [-0.2, -0.15) is 0 Å². The molecule has 102 valence electrons. The van der Waals surface area contributed by atoms with Gasteiger partial charge in [-0.3, -0.25) is 4.57 Å². The maximum atomic E-state index is 11.2. The largest absolute Gasteiger partial charge is 1.00 e. The van der Waals surface area contributed by atoms with Gasteiger partial charge in [-0.15, -0.1) is 0 Å². The number of benzene rings is 1. The van der Waals surface area contributed by atoms with E-state index in [4.69, 9.17) is 26.1 Å². The van der Waals surface area contributed by atoms with E-state index >= 15 is 0 Å². The van der Waals surface area contributed by atoms with Gasteiger partial charge in [0, 0.05) is 12.1 Å². The molecule has 1 aromatic carbocycles. The molecule has 0 aliphatic rings. The van der Waals surface area contributed by atoms with Crippen LogP contribution in [0.15, 0.2) is 24.3 Å². The van der Waals surface area contributed by atoms with E-state index in [0.717, 1.165) is 0 Å². The fraction of sp³-hybridized carbons (Fsp3) is 0.250. The summed E-state index contributed by atoms with van der Waals surface area (Å²) in [6.45, 7) is 0. The van der Waals surface area contributed by atoms with Crippen LogP contribution in [0.5, 0.6) is 0 Å². The van der Waals surface area contributed by atoms with Crippen LogP contribution in [0, 0.1) is 0 Å². The Morgan fingerprint density at radius 2 is 1.58 bits per heavy atom. The minimum absolute atomic E-state index is 0. The number of hydrogen-bond acceptors (Lipinski definition) is 5. The smallest absolute Gasteiger partial charge is 0.777 e. The molecule has 0 saturated carbocycles. The van der Waals surface area contributed by atoms with Gasteiger partial charge < -0.3 is 35.6 Å². The van der Waals surface area contributed by atoms with E-state index in [9.17, 15) is 14.0 Å². The second-order valence-electron chi connectivity index (χ2n) is 3.86. The predicted molar refractivity (Wildman–Crippen MR) is 63.3 cm³/mol. The van der Waals surface area contributed by atoms with Crippen LogP contribution in [-0.4, -0.2) is 19.7 Å². The van der Waals surface area contributed by atoms with Gasteiger partial charge in [-0.05, 0) is 17.7 Å². The van der Waals surface area contributed by atoms with Crippen molar-refractivity contribution in [3.8, 4) is 0 Å². The summed E-state index contributed by atoms with van der Waals surface area (Å²) in [5.41, 5.74) is 11.2. The zero-order chi connectivity index (χ0) is 14.2. The summed E-state index contributed by atoms with van der Waals surface area (Å²) in [7, 11) is -10.7. The standard InChI is InChI=1S/C8H14N2O6P2.Na/c9-7-3-1-6(2-4-7)5-8(10,17(11,12)13)18(14,15)16;/h1-4H,5,9-10H2,(H2,11,12,13)(H2,14,15,16);/q;+1/p-1. The first-order valence-corrected chi connectivity index (χ1v) is 7.89. The molecule has 0 saturated heterocycles. The molecule has 2 unspecified atom stereocenters. The monoisotopic (exact) mass is 318 g/mol. The third kappa shape index (κ3) is 4.37. The van der Waals surface area contributed by atoms with Gasteiger partial charge in [0.05, 0.1) is 0 Å². The van der Waals surface area contributed by atoms with E-state index in [2.05, 4.69) is 0 Å². The zero-order valence-electron chi connectivity index (χ0n) is 10.1. The van der Waals surface area contributed by atoms with Crippen molar-refractivity contribution >= 4 is 20.9 Å². The van der Waals surface area contributed by atoms with E-state index in [-0.39, 0.29) is 35.1 Å². The summed E-state index contributed by atoms with van der Waals surface area (Å²) in [6.07, 6.45) is -0.727. The van der Waals surface area contributed by atoms with Crippen molar-refractivity contribution in [1.82, 2.24) is 0 Å². The number of anilines is 1. The SMILES string of the molecule is Nc1ccc(CC(N)(P(=O)([O-])O)P(=O)(O)O)cc1.[Na+]. The van der Waals surface area contributed by atoms with Gasteiger partial charge in [0.15, 0.2) is 12.6 Å². The van der Waals surface area contributed by atoms with Crippen molar-refractivity contribution in [3.05, 3.63) is 29.8 Å². The minimum Gasteiger partial charge on any atom is -0.777 e. The average Bonchev–Trinajstić information content (AvgIpc) is 2.18. The molecule has 0 amide bonds. The van der Waals surface area contributed by atoms with Gasteiger partial charge in [-0.25, -0.2) is 0 Å². The van der Waals surface area contributed by atoms with Crippen LogP contribution in [0.2, 0.25) is 0 Å². The Bertz CT molecular complexity index is 503. The van der Waals surface area contributed by atoms with Crippen molar-refractivity contribution in [2.24, 2.45) is 5.73 Å². The Hall–Kier alpha value is 0.280.